The van der Waals surface area contributed by atoms with E-state index >= 15 is 0 Å². The van der Waals surface area contributed by atoms with E-state index in [1.165, 1.54) is 4.31 Å². The smallest absolute Gasteiger partial charge is 0.223 e. The van der Waals surface area contributed by atoms with Crippen LogP contribution in [0.4, 0.5) is 0 Å². The van der Waals surface area contributed by atoms with Crippen molar-refractivity contribution in [3.63, 3.8) is 0 Å². The zero-order chi connectivity index (χ0) is 13.1. The quantitative estimate of drug-likeness (QED) is 0.658. The largest absolute Gasteiger partial charge is 0.392 e. The third-order valence-electron chi connectivity index (χ3n) is 2.68. The van der Waals surface area contributed by atoms with E-state index in [1.54, 1.807) is 6.92 Å². The first-order chi connectivity index (χ1) is 7.89. The minimum Gasteiger partial charge on any atom is -0.392 e. The van der Waals surface area contributed by atoms with Crippen molar-refractivity contribution >= 4 is 33.1 Å². The van der Waals surface area contributed by atoms with Crippen molar-refractivity contribution in [3.05, 3.63) is 0 Å². The Labute approximate surface area is 107 Å². The zero-order valence-electron chi connectivity index (χ0n) is 9.68. The van der Waals surface area contributed by atoms with Gasteiger partial charge in [0.2, 0.25) is 15.9 Å². The first-order valence-corrected chi connectivity index (χ1v) is 7.35. The van der Waals surface area contributed by atoms with Crippen LogP contribution in [0.3, 0.4) is 0 Å². The fraction of sp³-hybridized carbons (Fsp3) is 0.778. The summed E-state index contributed by atoms with van der Waals surface area (Å²) in [5.41, 5.74) is 5.45. The SMILES string of the molecule is CCC(C(N)=S)S(=O)(=O)N1CCNC(=O)CC1. The Morgan fingerprint density at radius 1 is 1.59 bits per heavy atom. The molecule has 1 saturated heterocycles. The second kappa shape index (κ2) is 5.74. The summed E-state index contributed by atoms with van der Waals surface area (Å²) >= 11 is 4.78. The highest BCUT2D eigenvalue weighted by atomic mass is 32.2. The molecule has 98 valence electrons. The first-order valence-electron chi connectivity index (χ1n) is 5.44. The monoisotopic (exact) mass is 279 g/mol. The average molecular weight is 279 g/mol. The van der Waals surface area contributed by atoms with E-state index in [4.69, 9.17) is 18.0 Å². The van der Waals surface area contributed by atoms with Crippen molar-refractivity contribution < 1.29 is 13.2 Å². The van der Waals surface area contributed by atoms with Crippen molar-refractivity contribution in [2.45, 2.75) is 25.0 Å². The predicted molar refractivity (Wildman–Crippen MR) is 69.0 cm³/mol. The van der Waals surface area contributed by atoms with Gasteiger partial charge >= 0.3 is 0 Å². The van der Waals surface area contributed by atoms with Crippen molar-refractivity contribution in [1.29, 1.82) is 0 Å². The molecule has 0 aromatic carbocycles. The van der Waals surface area contributed by atoms with Gasteiger partial charge < -0.3 is 11.1 Å². The standard InChI is InChI=1S/C9H17N3O3S2/c1-2-7(9(10)16)17(14,15)12-5-3-8(13)11-4-6-12/h7H,2-6H2,1H3,(H2,10,16)(H,11,13). The number of carbonyl (C=O) groups is 1. The van der Waals surface area contributed by atoms with Gasteiger partial charge in [0.05, 0.1) is 4.99 Å². The van der Waals surface area contributed by atoms with Crippen LogP contribution in [0.1, 0.15) is 19.8 Å². The lowest BCUT2D eigenvalue weighted by Gasteiger charge is -2.24. The van der Waals surface area contributed by atoms with Crippen LogP contribution < -0.4 is 11.1 Å². The summed E-state index contributed by atoms with van der Waals surface area (Å²) in [4.78, 5) is 11.1. The summed E-state index contributed by atoms with van der Waals surface area (Å²) < 4.78 is 25.8. The number of thiocarbonyl (C=S) groups is 1. The number of carbonyl (C=O) groups excluding carboxylic acids is 1. The molecule has 0 radical (unpaired) electrons. The molecule has 0 spiro atoms. The molecule has 0 bridgehead atoms. The Morgan fingerprint density at radius 3 is 2.76 bits per heavy atom. The highest BCUT2D eigenvalue weighted by Gasteiger charge is 2.33. The molecule has 1 heterocycles. The maximum Gasteiger partial charge on any atom is 0.223 e. The predicted octanol–water partition coefficient (Wildman–Crippen LogP) is -0.797. The first kappa shape index (κ1) is 14.3. The Morgan fingerprint density at radius 2 is 2.24 bits per heavy atom. The summed E-state index contributed by atoms with van der Waals surface area (Å²) in [6.07, 6.45) is 0.516. The molecule has 1 atom stereocenters. The Hall–Kier alpha value is -0.730. The van der Waals surface area contributed by atoms with Crippen LogP contribution in [0.2, 0.25) is 0 Å². The molecule has 0 aromatic rings. The highest BCUT2D eigenvalue weighted by molar-refractivity contribution is 7.92. The molecular weight excluding hydrogens is 262 g/mol. The molecule has 8 heteroatoms. The second-order valence-corrected chi connectivity index (χ2v) is 6.43. The average Bonchev–Trinajstić information content (AvgIpc) is 2.43. The van der Waals surface area contributed by atoms with E-state index in [0.717, 1.165) is 0 Å². The van der Waals surface area contributed by atoms with Gasteiger partial charge in [0, 0.05) is 26.1 Å². The minimum atomic E-state index is -3.55. The number of hydrogen-bond donors (Lipinski definition) is 2. The molecule has 0 saturated carbocycles. The van der Waals surface area contributed by atoms with Crippen molar-refractivity contribution in [2.24, 2.45) is 5.73 Å². The lowest BCUT2D eigenvalue weighted by molar-refractivity contribution is -0.120. The van der Waals surface area contributed by atoms with Gasteiger partial charge in [-0.25, -0.2) is 8.42 Å². The van der Waals surface area contributed by atoms with Gasteiger partial charge in [0.1, 0.15) is 5.25 Å². The number of nitrogens with one attached hydrogen (secondary N) is 1. The molecule has 17 heavy (non-hydrogen) atoms. The maximum atomic E-state index is 12.2. The van der Waals surface area contributed by atoms with Crippen LogP contribution in [0.5, 0.6) is 0 Å². The summed E-state index contributed by atoms with van der Waals surface area (Å²) in [5, 5.41) is 1.78. The maximum absolute atomic E-state index is 12.2. The van der Waals surface area contributed by atoms with Crippen LogP contribution in [0.15, 0.2) is 0 Å². The van der Waals surface area contributed by atoms with E-state index in [1.807, 2.05) is 0 Å². The summed E-state index contributed by atoms with van der Waals surface area (Å²) in [5.74, 6) is -0.133. The van der Waals surface area contributed by atoms with Crippen LogP contribution >= 0.6 is 12.2 Å². The highest BCUT2D eigenvalue weighted by Crippen LogP contribution is 2.14. The number of nitrogens with zero attached hydrogens (tertiary/aromatic N) is 1. The van der Waals surface area contributed by atoms with Gasteiger partial charge in [-0.1, -0.05) is 19.1 Å². The molecule has 1 aliphatic heterocycles. The van der Waals surface area contributed by atoms with E-state index in [-0.39, 0.29) is 30.4 Å². The van der Waals surface area contributed by atoms with Gasteiger partial charge in [0.15, 0.2) is 0 Å². The summed E-state index contributed by atoms with van der Waals surface area (Å²) in [6, 6.07) is 0. The van der Waals surface area contributed by atoms with Crippen LogP contribution in [-0.2, 0) is 14.8 Å². The Balaban J connectivity index is 2.88. The number of rotatable bonds is 4. The molecule has 1 fully saturated rings. The number of hydrogen-bond acceptors (Lipinski definition) is 4. The van der Waals surface area contributed by atoms with Gasteiger partial charge in [-0.3, -0.25) is 4.79 Å². The molecule has 0 aliphatic carbocycles. The van der Waals surface area contributed by atoms with Crippen molar-refractivity contribution in [1.82, 2.24) is 9.62 Å². The van der Waals surface area contributed by atoms with E-state index in [0.29, 0.717) is 13.0 Å². The van der Waals surface area contributed by atoms with Gasteiger partial charge in [-0.05, 0) is 6.42 Å². The lowest BCUT2D eigenvalue weighted by Crippen LogP contribution is -2.45. The third kappa shape index (κ3) is 3.36. The van der Waals surface area contributed by atoms with Gasteiger partial charge in [-0.2, -0.15) is 4.31 Å². The zero-order valence-corrected chi connectivity index (χ0v) is 11.3. The third-order valence-corrected chi connectivity index (χ3v) is 5.50. The van der Waals surface area contributed by atoms with Crippen LogP contribution in [0, 0.1) is 0 Å². The van der Waals surface area contributed by atoms with Gasteiger partial charge in [-0.15, -0.1) is 0 Å². The molecule has 1 rings (SSSR count). The Bertz CT molecular complexity index is 408. The minimum absolute atomic E-state index is 0.0176. The van der Waals surface area contributed by atoms with E-state index in [9.17, 15) is 13.2 Å². The summed E-state index contributed by atoms with van der Waals surface area (Å²) in [6.45, 7) is 2.51. The number of amides is 1. The number of sulfonamides is 1. The lowest BCUT2D eigenvalue weighted by atomic mass is 10.3. The van der Waals surface area contributed by atoms with E-state index in [2.05, 4.69) is 5.32 Å². The molecule has 6 nitrogen and oxygen atoms in total. The van der Waals surface area contributed by atoms with Crippen LogP contribution in [0.25, 0.3) is 0 Å². The molecule has 1 amide bonds. The Kier molecular flexibility index (Phi) is 4.84. The normalized spacial score (nSPS) is 20.4. The fourth-order valence-corrected chi connectivity index (χ4v) is 4.04. The van der Waals surface area contributed by atoms with Crippen LogP contribution in [-0.4, -0.2) is 48.5 Å². The topological polar surface area (TPSA) is 92.5 Å². The molecule has 0 aromatic heterocycles. The van der Waals surface area contributed by atoms with Gasteiger partial charge in [0.25, 0.3) is 0 Å². The molecule has 3 N–H and O–H groups in total. The second-order valence-electron chi connectivity index (χ2n) is 3.84. The van der Waals surface area contributed by atoms with Crippen molar-refractivity contribution in [2.75, 3.05) is 19.6 Å². The fourth-order valence-electron chi connectivity index (χ4n) is 1.74. The van der Waals surface area contributed by atoms with E-state index < -0.39 is 15.3 Å². The number of nitrogens with two attached hydrogens (primary N) is 1. The van der Waals surface area contributed by atoms with Crippen molar-refractivity contribution in [3.8, 4) is 0 Å². The molecule has 1 aliphatic rings. The summed E-state index contributed by atoms with van der Waals surface area (Å²) in [7, 11) is -3.55. The molecular formula is C9H17N3O3S2. The molecule has 1 unspecified atom stereocenters.